The van der Waals surface area contributed by atoms with Crippen LogP contribution in [0, 0.1) is 0 Å². The van der Waals surface area contributed by atoms with Crippen LogP contribution in [-0.2, 0) is 0 Å². The molecule has 0 aliphatic rings. The van der Waals surface area contributed by atoms with Gasteiger partial charge in [0.1, 0.15) is 0 Å². The minimum Gasteiger partial charge on any atom is -0.308 e. The lowest BCUT2D eigenvalue weighted by atomic mass is 10.1. The molecule has 0 bridgehead atoms. The number of pyridine rings is 1. The van der Waals surface area contributed by atoms with Gasteiger partial charge < -0.3 is 5.32 Å². The second-order valence-corrected chi connectivity index (χ2v) is 3.94. The Bertz CT molecular complexity index is 282. The molecule has 1 N–H and O–H groups in total. The molecule has 0 saturated heterocycles. The van der Waals surface area contributed by atoms with E-state index in [1.165, 1.54) is 5.56 Å². The van der Waals surface area contributed by atoms with E-state index in [9.17, 15) is 0 Å². The van der Waals surface area contributed by atoms with Gasteiger partial charge in [0.15, 0.2) is 0 Å². The average Bonchev–Trinajstić information content (AvgIpc) is 2.27. The van der Waals surface area contributed by atoms with Gasteiger partial charge in [-0.05, 0) is 38.3 Å². The lowest BCUT2D eigenvalue weighted by molar-refractivity contribution is 0.458. The van der Waals surface area contributed by atoms with E-state index in [1.54, 1.807) is 6.20 Å². The molecule has 1 aromatic rings. The second kappa shape index (κ2) is 6.36. The Morgan fingerprint density at radius 1 is 1.53 bits per heavy atom. The molecule has 0 amide bonds. The third-order valence-electron chi connectivity index (χ3n) is 2.52. The molecule has 0 aliphatic carbocycles. The van der Waals surface area contributed by atoms with Gasteiger partial charge in [-0.25, -0.2) is 0 Å². The summed E-state index contributed by atoms with van der Waals surface area (Å²) in [5, 5.41) is 3.54. The van der Waals surface area contributed by atoms with Crippen molar-refractivity contribution in [3.05, 3.63) is 42.7 Å². The van der Waals surface area contributed by atoms with Crippen LogP contribution < -0.4 is 5.32 Å². The molecule has 0 saturated carbocycles. The summed E-state index contributed by atoms with van der Waals surface area (Å²) in [7, 11) is 0. The Labute approximate surface area is 92.4 Å². The van der Waals surface area contributed by atoms with Gasteiger partial charge in [0.25, 0.3) is 0 Å². The first kappa shape index (κ1) is 11.9. The van der Waals surface area contributed by atoms with Gasteiger partial charge in [-0.15, -0.1) is 6.58 Å². The lowest BCUT2D eigenvalue weighted by Gasteiger charge is -2.19. The van der Waals surface area contributed by atoms with Crippen molar-refractivity contribution >= 4 is 0 Å². The molecule has 0 fully saturated rings. The summed E-state index contributed by atoms with van der Waals surface area (Å²) >= 11 is 0. The van der Waals surface area contributed by atoms with E-state index in [0.29, 0.717) is 12.1 Å². The highest BCUT2D eigenvalue weighted by Crippen LogP contribution is 2.12. The van der Waals surface area contributed by atoms with E-state index >= 15 is 0 Å². The number of hydrogen-bond donors (Lipinski definition) is 1. The Hall–Kier alpha value is -1.15. The number of hydrogen-bond acceptors (Lipinski definition) is 2. The predicted molar refractivity (Wildman–Crippen MR) is 64.7 cm³/mol. The van der Waals surface area contributed by atoms with Gasteiger partial charge in [0.2, 0.25) is 0 Å². The first-order chi connectivity index (χ1) is 7.24. The summed E-state index contributed by atoms with van der Waals surface area (Å²) < 4.78 is 0. The molecule has 2 heteroatoms. The highest BCUT2D eigenvalue weighted by molar-refractivity contribution is 5.12. The van der Waals surface area contributed by atoms with E-state index in [1.807, 2.05) is 18.3 Å². The molecule has 15 heavy (non-hydrogen) atoms. The zero-order chi connectivity index (χ0) is 11.1. The van der Waals surface area contributed by atoms with Crippen LogP contribution in [0.4, 0.5) is 0 Å². The van der Waals surface area contributed by atoms with Crippen LogP contribution >= 0.6 is 0 Å². The van der Waals surface area contributed by atoms with Crippen LogP contribution in [0.25, 0.3) is 0 Å². The molecule has 1 aromatic heterocycles. The molecule has 1 unspecified atom stereocenters. The second-order valence-electron chi connectivity index (χ2n) is 3.94. The smallest absolute Gasteiger partial charge is 0.0315 e. The normalized spacial score (nSPS) is 14.5. The summed E-state index contributed by atoms with van der Waals surface area (Å²) in [6.45, 7) is 8.10. The standard InChI is InChI=1S/C13H20N2/c1-4-5-7-11(2)15-12(3)13-8-6-9-14-10-13/h4,6,8-12,15H,1,5,7H2,2-3H3/t11?,12-/m0/s1. The van der Waals surface area contributed by atoms with Crippen molar-refractivity contribution in [3.63, 3.8) is 0 Å². The summed E-state index contributed by atoms with van der Waals surface area (Å²) in [5.41, 5.74) is 1.24. The molecule has 0 spiro atoms. The van der Waals surface area contributed by atoms with Crippen molar-refractivity contribution in [1.29, 1.82) is 0 Å². The van der Waals surface area contributed by atoms with E-state index < -0.39 is 0 Å². The highest BCUT2D eigenvalue weighted by atomic mass is 14.9. The summed E-state index contributed by atoms with van der Waals surface area (Å²) in [6, 6.07) is 4.95. The number of aromatic nitrogens is 1. The van der Waals surface area contributed by atoms with Crippen molar-refractivity contribution in [1.82, 2.24) is 10.3 Å². The largest absolute Gasteiger partial charge is 0.308 e. The minimum absolute atomic E-state index is 0.360. The number of rotatable bonds is 6. The number of nitrogens with one attached hydrogen (secondary N) is 1. The molecule has 0 radical (unpaired) electrons. The Balaban J connectivity index is 2.41. The van der Waals surface area contributed by atoms with E-state index in [2.05, 4.69) is 36.8 Å². The van der Waals surface area contributed by atoms with Gasteiger partial charge in [0, 0.05) is 24.5 Å². The maximum Gasteiger partial charge on any atom is 0.0315 e. The van der Waals surface area contributed by atoms with Crippen LogP contribution in [0.1, 0.15) is 38.3 Å². The summed E-state index contributed by atoms with van der Waals surface area (Å²) in [6.07, 6.45) is 7.88. The van der Waals surface area contributed by atoms with E-state index in [0.717, 1.165) is 12.8 Å². The van der Waals surface area contributed by atoms with Crippen LogP contribution in [0.5, 0.6) is 0 Å². The van der Waals surface area contributed by atoms with Crippen molar-refractivity contribution < 1.29 is 0 Å². The van der Waals surface area contributed by atoms with Crippen LogP contribution in [0.3, 0.4) is 0 Å². The molecule has 2 nitrogen and oxygen atoms in total. The SMILES string of the molecule is C=CCCC(C)N[C@@H](C)c1cccnc1. The topological polar surface area (TPSA) is 24.9 Å². The molecule has 1 heterocycles. The average molecular weight is 204 g/mol. The van der Waals surface area contributed by atoms with Gasteiger partial charge in [-0.3, -0.25) is 4.98 Å². The summed E-state index contributed by atoms with van der Waals surface area (Å²) in [4.78, 5) is 4.12. The van der Waals surface area contributed by atoms with Gasteiger partial charge in [0.05, 0.1) is 0 Å². The zero-order valence-electron chi connectivity index (χ0n) is 9.61. The molecule has 0 aliphatic heterocycles. The van der Waals surface area contributed by atoms with Gasteiger partial charge in [-0.2, -0.15) is 0 Å². The first-order valence-electron chi connectivity index (χ1n) is 5.51. The number of nitrogens with zero attached hydrogens (tertiary/aromatic N) is 1. The minimum atomic E-state index is 0.360. The number of allylic oxidation sites excluding steroid dienone is 1. The van der Waals surface area contributed by atoms with Crippen molar-refractivity contribution in [2.24, 2.45) is 0 Å². The fourth-order valence-electron chi connectivity index (χ4n) is 1.61. The monoisotopic (exact) mass is 204 g/mol. The molecular formula is C13H20N2. The maximum absolute atomic E-state index is 4.12. The maximum atomic E-state index is 4.12. The lowest BCUT2D eigenvalue weighted by Crippen LogP contribution is -2.28. The van der Waals surface area contributed by atoms with Crippen molar-refractivity contribution in [2.75, 3.05) is 0 Å². The van der Waals surface area contributed by atoms with E-state index in [-0.39, 0.29) is 0 Å². The van der Waals surface area contributed by atoms with E-state index in [4.69, 9.17) is 0 Å². The summed E-state index contributed by atoms with van der Waals surface area (Å²) in [5.74, 6) is 0. The van der Waals surface area contributed by atoms with Gasteiger partial charge >= 0.3 is 0 Å². The zero-order valence-corrected chi connectivity index (χ0v) is 9.61. The highest BCUT2D eigenvalue weighted by Gasteiger charge is 2.08. The molecule has 0 aromatic carbocycles. The van der Waals surface area contributed by atoms with Crippen molar-refractivity contribution in [3.8, 4) is 0 Å². The molecule has 1 rings (SSSR count). The van der Waals surface area contributed by atoms with Crippen LogP contribution in [0.15, 0.2) is 37.2 Å². The van der Waals surface area contributed by atoms with Crippen LogP contribution in [-0.4, -0.2) is 11.0 Å². The van der Waals surface area contributed by atoms with Gasteiger partial charge in [-0.1, -0.05) is 12.1 Å². The Morgan fingerprint density at radius 2 is 2.33 bits per heavy atom. The molecule has 2 atom stereocenters. The Morgan fingerprint density at radius 3 is 2.93 bits per heavy atom. The third kappa shape index (κ3) is 4.26. The Kier molecular flexibility index (Phi) is 5.05. The predicted octanol–water partition coefficient (Wildman–Crippen LogP) is 3.09. The fraction of sp³-hybridized carbons (Fsp3) is 0.462. The quantitative estimate of drug-likeness (QED) is 0.720. The fourth-order valence-corrected chi connectivity index (χ4v) is 1.61. The third-order valence-corrected chi connectivity index (χ3v) is 2.52. The van der Waals surface area contributed by atoms with Crippen LogP contribution in [0.2, 0.25) is 0 Å². The molecule has 82 valence electrons. The first-order valence-corrected chi connectivity index (χ1v) is 5.51. The molecular weight excluding hydrogens is 184 g/mol. The van der Waals surface area contributed by atoms with Crippen molar-refractivity contribution in [2.45, 2.75) is 38.8 Å².